The molecule has 3 aromatic rings. The average molecular weight is 405 g/mol. The number of rotatable bonds is 10. The Morgan fingerprint density at radius 1 is 0.767 bits per heavy atom. The summed E-state index contributed by atoms with van der Waals surface area (Å²) >= 11 is 0. The highest BCUT2D eigenvalue weighted by molar-refractivity contribution is 5.92. The van der Waals surface area contributed by atoms with Crippen molar-refractivity contribution in [3.8, 4) is 17.2 Å². The first kappa shape index (κ1) is 21.2. The van der Waals surface area contributed by atoms with E-state index in [9.17, 15) is 4.79 Å². The van der Waals surface area contributed by atoms with Gasteiger partial charge in [-0.3, -0.25) is 4.79 Å². The zero-order valence-corrected chi connectivity index (χ0v) is 17.4. The Kier molecular flexibility index (Phi) is 7.72. The molecule has 5 heteroatoms. The molecule has 1 N–H and O–H groups in total. The molecule has 0 aromatic heterocycles. The van der Waals surface area contributed by atoms with Crippen molar-refractivity contribution in [1.82, 2.24) is 0 Å². The zero-order chi connectivity index (χ0) is 21.2. The summed E-state index contributed by atoms with van der Waals surface area (Å²) < 4.78 is 16.5. The predicted octanol–water partition coefficient (Wildman–Crippen LogP) is 4.90. The standard InChI is InChI=1S/C25H27NO4/c1-28-23-14-12-20(18-24(23)29-2)13-15-25(27)26-21-10-6-7-11-22(21)30-17-16-19-8-4-3-5-9-19/h3-12,14,18H,13,15-17H2,1-2H3,(H,26,27). The van der Waals surface area contributed by atoms with Gasteiger partial charge in [0, 0.05) is 12.8 Å². The maximum Gasteiger partial charge on any atom is 0.224 e. The minimum Gasteiger partial charge on any atom is -0.493 e. The predicted molar refractivity (Wildman–Crippen MR) is 119 cm³/mol. The van der Waals surface area contributed by atoms with Gasteiger partial charge in [-0.25, -0.2) is 0 Å². The van der Waals surface area contributed by atoms with Crippen LogP contribution in [0.1, 0.15) is 17.5 Å². The molecule has 30 heavy (non-hydrogen) atoms. The van der Waals surface area contributed by atoms with Crippen LogP contribution < -0.4 is 19.5 Å². The van der Waals surface area contributed by atoms with E-state index < -0.39 is 0 Å². The van der Waals surface area contributed by atoms with E-state index in [0.29, 0.717) is 42.4 Å². The molecule has 156 valence electrons. The third-order valence-electron chi connectivity index (χ3n) is 4.74. The van der Waals surface area contributed by atoms with Crippen LogP contribution in [0.25, 0.3) is 0 Å². The Balaban J connectivity index is 1.54. The number of anilines is 1. The summed E-state index contributed by atoms with van der Waals surface area (Å²) in [6.45, 7) is 0.544. The van der Waals surface area contributed by atoms with Crippen LogP contribution in [0.2, 0.25) is 0 Å². The smallest absolute Gasteiger partial charge is 0.224 e. The SMILES string of the molecule is COc1ccc(CCC(=O)Nc2ccccc2OCCc2ccccc2)cc1OC. The molecule has 0 aliphatic carbocycles. The molecule has 0 spiro atoms. The lowest BCUT2D eigenvalue weighted by Gasteiger charge is -2.13. The number of para-hydroxylation sites is 2. The fraction of sp³-hybridized carbons (Fsp3) is 0.240. The van der Waals surface area contributed by atoms with E-state index >= 15 is 0 Å². The van der Waals surface area contributed by atoms with Crippen molar-refractivity contribution in [3.63, 3.8) is 0 Å². The number of carbonyl (C=O) groups is 1. The summed E-state index contributed by atoms with van der Waals surface area (Å²) in [4.78, 5) is 12.5. The number of hydrogen-bond donors (Lipinski definition) is 1. The third-order valence-corrected chi connectivity index (χ3v) is 4.74. The van der Waals surface area contributed by atoms with Gasteiger partial charge in [0.05, 0.1) is 26.5 Å². The van der Waals surface area contributed by atoms with E-state index in [1.807, 2.05) is 60.7 Å². The van der Waals surface area contributed by atoms with Gasteiger partial charge in [-0.1, -0.05) is 48.5 Å². The lowest BCUT2D eigenvalue weighted by molar-refractivity contribution is -0.116. The van der Waals surface area contributed by atoms with Gasteiger partial charge in [0.15, 0.2) is 11.5 Å². The van der Waals surface area contributed by atoms with Crippen molar-refractivity contribution >= 4 is 11.6 Å². The number of ether oxygens (including phenoxy) is 3. The summed E-state index contributed by atoms with van der Waals surface area (Å²) in [6, 6.07) is 23.4. The van der Waals surface area contributed by atoms with E-state index in [4.69, 9.17) is 14.2 Å². The highest BCUT2D eigenvalue weighted by Gasteiger charge is 2.10. The number of benzene rings is 3. The molecule has 1 amide bonds. The van der Waals surface area contributed by atoms with Gasteiger partial charge in [-0.05, 0) is 41.8 Å². The van der Waals surface area contributed by atoms with Gasteiger partial charge in [0.2, 0.25) is 5.91 Å². The van der Waals surface area contributed by atoms with E-state index in [-0.39, 0.29) is 5.91 Å². The first-order chi connectivity index (χ1) is 14.7. The summed E-state index contributed by atoms with van der Waals surface area (Å²) in [5.41, 5.74) is 2.91. The molecule has 0 aliphatic rings. The molecule has 5 nitrogen and oxygen atoms in total. The van der Waals surface area contributed by atoms with E-state index in [0.717, 1.165) is 12.0 Å². The molecule has 0 heterocycles. The van der Waals surface area contributed by atoms with E-state index in [2.05, 4.69) is 17.4 Å². The minimum absolute atomic E-state index is 0.0658. The highest BCUT2D eigenvalue weighted by Crippen LogP contribution is 2.28. The summed E-state index contributed by atoms with van der Waals surface area (Å²) in [5, 5.41) is 2.96. The van der Waals surface area contributed by atoms with Gasteiger partial charge in [0.1, 0.15) is 5.75 Å². The van der Waals surface area contributed by atoms with Crippen LogP contribution in [0.3, 0.4) is 0 Å². The minimum atomic E-state index is -0.0658. The van der Waals surface area contributed by atoms with Crippen molar-refractivity contribution in [2.75, 3.05) is 26.1 Å². The van der Waals surface area contributed by atoms with Crippen LogP contribution >= 0.6 is 0 Å². The normalized spacial score (nSPS) is 10.3. The molecule has 0 fully saturated rings. The monoisotopic (exact) mass is 405 g/mol. The average Bonchev–Trinajstić information content (AvgIpc) is 2.79. The first-order valence-electron chi connectivity index (χ1n) is 9.96. The summed E-state index contributed by atoms with van der Waals surface area (Å²) in [6.07, 6.45) is 1.76. The number of nitrogens with one attached hydrogen (secondary N) is 1. The molecule has 0 radical (unpaired) electrons. The molecule has 0 saturated heterocycles. The van der Waals surface area contributed by atoms with Crippen LogP contribution in [0, 0.1) is 0 Å². The number of hydrogen-bond acceptors (Lipinski definition) is 4. The topological polar surface area (TPSA) is 56.8 Å². The van der Waals surface area contributed by atoms with Gasteiger partial charge in [0.25, 0.3) is 0 Å². The Bertz CT molecular complexity index is 956. The molecule has 0 saturated carbocycles. The summed E-state index contributed by atoms with van der Waals surface area (Å²) in [5.74, 6) is 1.94. The molecule has 0 atom stereocenters. The molecule has 0 unspecified atom stereocenters. The van der Waals surface area contributed by atoms with Gasteiger partial charge >= 0.3 is 0 Å². The third kappa shape index (κ3) is 6.01. The molecule has 3 aromatic carbocycles. The maximum atomic E-state index is 12.5. The molecular formula is C25H27NO4. The van der Waals surface area contributed by atoms with Crippen molar-refractivity contribution < 1.29 is 19.0 Å². The van der Waals surface area contributed by atoms with E-state index in [1.54, 1.807) is 14.2 Å². The number of amides is 1. The maximum absolute atomic E-state index is 12.5. The number of carbonyl (C=O) groups excluding carboxylic acids is 1. The lowest BCUT2D eigenvalue weighted by Crippen LogP contribution is -2.14. The van der Waals surface area contributed by atoms with Crippen LogP contribution in [-0.2, 0) is 17.6 Å². The molecule has 3 rings (SSSR count). The Morgan fingerprint density at radius 3 is 2.27 bits per heavy atom. The van der Waals surface area contributed by atoms with Gasteiger partial charge < -0.3 is 19.5 Å². The van der Waals surface area contributed by atoms with Gasteiger partial charge in [-0.2, -0.15) is 0 Å². The largest absolute Gasteiger partial charge is 0.493 e. The van der Waals surface area contributed by atoms with Crippen molar-refractivity contribution in [2.45, 2.75) is 19.3 Å². The number of aryl methyl sites for hydroxylation is 1. The Labute approximate surface area is 177 Å². The van der Waals surface area contributed by atoms with Crippen LogP contribution in [-0.4, -0.2) is 26.7 Å². The van der Waals surface area contributed by atoms with Crippen molar-refractivity contribution in [3.05, 3.63) is 83.9 Å². The Hall–Kier alpha value is -3.47. The van der Waals surface area contributed by atoms with E-state index in [1.165, 1.54) is 5.56 Å². The fourth-order valence-electron chi connectivity index (χ4n) is 3.13. The lowest BCUT2D eigenvalue weighted by atomic mass is 10.1. The van der Waals surface area contributed by atoms with Crippen LogP contribution in [0.5, 0.6) is 17.2 Å². The zero-order valence-electron chi connectivity index (χ0n) is 17.4. The van der Waals surface area contributed by atoms with Crippen LogP contribution in [0.4, 0.5) is 5.69 Å². The summed E-state index contributed by atoms with van der Waals surface area (Å²) in [7, 11) is 3.20. The van der Waals surface area contributed by atoms with Crippen molar-refractivity contribution in [2.24, 2.45) is 0 Å². The fourth-order valence-corrected chi connectivity index (χ4v) is 3.13. The molecule has 0 aliphatic heterocycles. The van der Waals surface area contributed by atoms with Gasteiger partial charge in [-0.15, -0.1) is 0 Å². The second kappa shape index (κ2) is 10.9. The van der Waals surface area contributed by atoms with Crippen LogP contribution in [0.15, 0.2) is 72.8 Å². The second-order valence-corrected chi connectivity index (χ2v) is 6.82. The Morgan fingerprint density at radius 2 is 1.50 bits per heavy atom. The molecular weight excluding hydrogens is 378 g/mol. The number of methoxy groups -OCH3 is 2. The second-order valence-electron chi connectivity index (χ2n) is 6.82. The molecule has 0 bridgehead atoms. The quantitative estimate of drug-likeness (QED) is 0.521. The highest BCUT2D eigenvalue weighted by atomic mass is 16.5. The first-order valence-corrected chi connectivity index (χ1v) is 9.96. The van der Waals surface area contributed by atoms with Crippen molar-refractivity contribution in [1.29, 1.82) is 0 Å².